The molecule has 0 rings (SSSR count). The highest BCUT2D eigenvalue weighted by Crippen LogP contribution is 2.03. The Kier molecular flexibility index (Phi) is 9.97. The molecule has 0 heterocycles. The molecule has 2 heteroatoms. The maximum absolute atomic E-state index is 5.83. The van der Waals surface area contributed by atoms with Gasteiger partial charge in [-0.25, -0.2) is 0 Å². The molecule has 0 bridgehead atoms. The smallest absolute Gasteiger partial charge is 0.460 e. The van der Waals surface area contributed by atoms with Crippen molar-refractivity contribution in [3.05, 3.63) is 0 Å². The van der Waals surface area contributed by atoms with Crippen LogP contribution in [0.5, 0.6) is 0 Å². The second-order valence-corrected chi connectivity index (χ2v) is 6.58. The highest BCUT2D eigenvalue weighted by molar-refractivity contribution is 6.51. The third-order valence-corrected chi connectivity index (χ3v) is 4.79. The lowest BCUT2D eigenvalue weighted by Crippen LogP contribution is -2.15. The van der Waals surface area contributed by atoms with Gasteiger partial charge in [0.1, 0.15) is 0 Å². The summed E-state index contributed by atoms with van der Waals surface area (Å²) in [5.41, 5.74) is 0. The predicted molar refractivity (Wildman–Crippen MR) is 56.8 cm³/mol. The van der Waals surface area contributed by atoms with E-state index in [2.05, 4.69) is 20.8 Å². The zero-order valence-electron chi connectivity index (χ0n) is 8.94. The highest BCUT2D eigenvalue weighted by Gasteiger charge is 2.13. The van der Waals surface area contributed by atoms with Crippen molar-refractivity contribution in [2.75, 3.05) is 6.61 Å². The molecule has 0 saturated carbocycles. The van der Waals surface area contributed by atoms with Crippen LogP contribution < -0.4 is 0 Å². The van der Waals surface area contributed by atoms with E-state index in [9.17, 15) is 0 Å². The van der Waals surface area contributed by atoms with Gasteiger partial charge in [-0.15, -0.1) is 0 Å². The van der Waals surface area contributed by atoms with Crippen molar-refractivity contribution in [3.63, 3.8) is 0 Å². The monoisotopic (exact) mass is 186 g/mol. The molecule has 72 valence electrons. The quantitative estimate of drug-likeness (QED) is 0.415. The van der Waals surface area contributed by atoms with Crippen molar-refractivity contribution < 1.29 is 3.79 Å². The zero-order chi connectivity index (χ0) is 9.23. The van der Waals surface area contributed by atoms with Gasteiger partial charge in [-0.3, -0.25) is 0 Å². The van der Waals surface area contributed by atoms with Gasteiger partial charge in [-0.05, 0) is 6.42 Å². The average molecular weight is 186 g/mol. The van der Waals surface area contributed by atoms with Crippen molar-refractivity contribution in [1.82, 2.24) is 0 Å². The molecule has 0 aliphatic heterocycles. The van der Waals surface area contributed by atoms with Crippen LogP contribution in [0.15, 0.2) is 0 Å². The molecular formula is C10H23AlO. The topological polar surface area (TPSA) is 9.23 Å². The first-order valence-corrected chi connectivity index (χ1v) is 7.57. The molecule has 0 unspecified atom stereocenters. The van der Waals surface area contributed by atoms with Gasteiger partial charge in [-0.1, -0.05) is 50.6 Å². The molecule has 12 heavy (non-hydrogen) atoms. The minimum Gasteiger partial charge on any atom is -0.501 e. The molecule has 0 fully saturated rings. The third kappa shape index (κ3) is 7.16. The van der Waals surface area contributed by atoms with Crippen LogP contribution in [0.4, 0.5) is 0 Å². The fourth-order valence-corrected chi connectivity index (χ4v) is 2.85. The average Bonchev–Trinajstić information content (AvgIpc) is 2.11. The molecule has 0 aliphatic rings. The Hall–Kier alpha value is 0.492. The molecule has 0 atom stereocenters. The van der Waals surface area contributed by atoms with E-state index < -0.39 is 14.5 Å². The van der Waals surface area contributed by atoms with Crippen LogP contribution in [-0.4, -0.2) is 21.1 Å². The van der Waals surface area contributed by atoms with Crippen LogP contribution in [0.3, 0.4) is 0 Å². The first-order chi connectivity index (χ1) is 5.85. The van der Waals surface area contributed by atoms with Crippen LogP contribution in [0, 0.1) is 0 Å². The largest absolute Gasteiger partial charge is 0.501 e. The van der Waals surface area contributed by atoms with Crippen molar-refractivity contribution in [2.24, 2.45) is 0 Å². The lowest BCUT2D eigenvalue weighted by atomic mass is 10.2. The molecule has 0 aromatic carbocycles. The summed E-state index contributed by atoms with van der Waals surface area (Å²) in [6, 6.07) is 0. The van der Waals surface area contributed by atoms with E-state index in [0.717, 1.165) is 6.61 Å². The van der Waals surface area contributed by atoms with Crippen LogP contribution in [0.25, 0.3) is 0 Å². The van der Waals surface area contributed by atoms with Gasteiger partial charge in [0, 0.05) is 6.61 Å². The van der Waals surface area contributed by atoms with Gasteiger partial charge in [-0.2, -0.15) is 0 Å². The molecule has 0 aliphatic carbocycles. The van der Waals surface area contributed by atoms with Gasteiger partial charge >= 0.3 is 14.5 Å². The van der Waals surface area contributed by atoms with E-state index in [4.69, 9.17) is 3.79 Å². The lowest BCUT2D eigenvalue weighted by molar-refractivity contribution is 0.306. The molecule has 1 nitrogen and oxygen atoms in total. The lowest BCUT2D eigenvalue weighted by Gasteiger charge is -2.08. The summed E-state index contributed by atoms with van der Waals surface area (Å²) >= 11 is -0.744. The summed E-state index contributed by atoms with van der Waals surface area (Å²) in [5, 5.41) is 2.59. The second kappa shape index (κ2) is 9.58. The van der Waals surface area contributed by atoms with Gasteiger partial charge in [0.25, 0.3) is 0 Å². The van der Waals surface area contributed by atoms with E-state index in [1.807, 2.05) is 0 Å². The van der Waals surface area contributed by atoms with Crippen LogP contribution in [-0.2, 0) is 3.79 Å². The van der Waals surface area contributed by atoms with Crippen LogP contribution >= 0.6 is 0 Å². The van der Waals surface area contributed by atoms with Crippen LogP contribution in [0.1, 0.15) is 46.5 Å². The number of hydrogen-bond donors (Lipinski definition) is 0. The molecule has 0 aromatic heterocycles. The summed E-state index contributed by atoms with van der Waals surface area (Å²) in [5.74, 6) is 0. The Balaban J connectivity index is 3.06. The van der Waals surface area contributed by atoms with E-state index in [0.29, 0.717) is 0 Å². The molecule has 0 amide bonds. The number of unbranched alkanes of at least 4 members (excludes halogenated alkanes) is 3. The zero-order valence-corrected chi connectivity index (χ0v) is 10.1. The van der Waals surface area contributed by atoms with Crippen molar-refractivity contribution in [3.8, 4) is 0 Å². The molecule has 0 saturated heterocycles. The van der Waals surface area contributed by atoms with Gasteiger partial charge in [0.05, 0.1) is 0 Å². The molecule has 0 radical (unpaired) electrons. The summed E-state index contributed by atoms with van der Waals surface area (Å²) in [6.07, 6.45) is 5.32. The van der Waals surface area contributed by atoms with Gasteiger partial charge in [0.15, 0.2) is 0 Å². The predicted octanol–water partition coefficient (Wildman–Crippen LogP) is 3.61. The van der Waals surface area contributed by atoms with Crippen LogP contribution in [0.2, 0.25) is 10.6 Å². The Bertz CT molecular complexity index is 81.9. The molecule has 0 aromatic rings. The second-order valence-electron chi connectivity index (χ2n) is 3.37. The first-order valence-electron chi connectivity index (χ1n) is 5.46. The Morgan fingerprint density at radius 1 is 0.917 bits per heavy atom. The van der Waals surface area contributed by atoms with Crippen molar-refractivity contribution in [1.29, 1.82) is 0 Å². The third-order valence-electron chi connectivity index (χ3n) is 2.26. The fraction of sp³-hybridized carbons (Fsp3) is 1.00. The molecular weight excluding hydrogens is 163 g/mol. The summed E-state index contributed by atoms with van der Waals surface area (Å²) in [4.78, 5) is 0. The summed E-state index contributed by atoms with van der Waals surface area (Å²) < 4.78 is 5.83. The highest BCUT2D eigenvalue weighted by atomic mass is 27.2. The first kappa shape index (κ1) is 12.5. The van der Waals surface area contributed by atoms with E-state index >= 15 is 0 Å². The van der Waals surface area contributed by atoms with E-state index in [1.54, 1.807) is 0 Å². The fourth-order valence-electron chi connectivity index (χ4n) is 1.30. The Labute approximate surface area is 82.2 Å². The maximum Gasteiger partial charge on any atom is 0.460 e. The number of rotatable bonds is 8. The SMILES string of the molecule is CCCCCC[O][Al]([CH2]C)[CH2]C. The van der Waals surface area contributed by atoms with Crippen molar-refractivity contribution in [2.45, 2.75) is 57.0 Å². The number of hydrogen-bond acceptors (Lipinski definition) is 1. The minimum atomic E-state index is -0.744. The molecule has 0 spiro atoms. The maximum atomic E-state index is 5.83. The molecule has 0 N–H and O–H groups in total. The Morgan fingerprint density at radius 3 is 2.08 bits per heavy atom. The van der Waals surface area contributed by atoms with Gasteiger partial charge in [0.2, 0.25) is 0 Å². The standard InChI is InChI=1S/C6H13O.2C2H5.Al/c1-2-3-4-5-6-7;2*1-2;/h2-6H2,1H3;2*1H2,2H3;/q-1;;;+1. The Morgan fingerprint density at radius 2 is 1.58 bits per heavy atom. The minimum absolute atomic E-state index is 0.744. The normalized spacial score (nSPS) is 10.2. The summed E-state index contributed by atoms with van der Waals surface area (Å²) in [7, 11) is 0. The van der Waals surface area contributed by atoms with Gasteiger partial charge < -0.3 is 3.79 Å². The van der Waals surface area contributed by atoms with E-state index in [1.165, 1.54) is 36.2 Å². The van der Waals surface area contributed by atoms with Crippen molar-refractivity contribution >= 4 is 14.5 Å². The van der Waals surface area contributed by atoms with E-state index in [-0.39, 0.29) is 0 Å². The summed E-state index contributed by atoms with van der Waals surface area (Å²) in [6.45, 7) is 7.79.